The molecule has 132 valence electrons. The Morgan fingerprint density at radius 1 is 1.24 bits per heavy atom. The van der Waals surface area contributed by atoms with Crippen molar-refractivity contribution in [2.24, 2.45) is 0 Å². The van der Waals surface area contributed by atoms with E-state index in [2.05, 4.69) is 6.58 Å². The van der Waals surface area contributed by atoms with Crippen LogP contribution in [0, 0.1) is 11.3 Å². The molecule has 0 atom stereocenters. The van der Waals surface area contributed by atoms with Gasteiger partial charge in [0.15, 0.2) is 0 Å². The van der Waals surface area contributed by atoms with Gasteiger partial charge in [-0.25, -0.2) is 4.79 Å². The van der Waals surface area contributed by atoms with Crippen LogP contribution in [0.3, 0.4) is 0 Å². The summed E-state index contributed by atoms with van der Waals surface area (Å²) in [5.74, 6) is 3.15. The molecule has 0 aromatic heterocycles. The molecule has 0 amide bonds. The van der Waals surface area contributed by atoms with Crippen LogP contribution in [0.5, 0.6) is 0 Å². The summed E-state index contributed by atoms with van der Waals surface area (Å²) in [6, 6.07) is 11.1. The molecule has 0 saturated carbocycles. The Morgan fingerprint density at radius 3 is 2.56 bits per heavy atom. The monoisotopic (exact) mass is 375 g/mol. The zero-order chi connectivity index (χ0) is 17.9. The molecule has 2 rings (SSSR count). The maximum Gasteiger partial charge on any atom is 0.348 e. The zero-order valence-electron chi connectivity index (χ0n) is 14.0. The van der Waals surface area contributed by atoms with Crippen molar-refractivity contribution < 1.29 is 14.3 Å². The van der Waals surface area contributed by atoms with Gasteiger partial charge >= 0.3 is 5.97 Å². The summed E-state index contributed by atoms with van der Waals surface area (Å²) >= 11 is 3.64. The van der Waals surface area contributed by atoms with Gasteiger partial charge in [-0.15, -0.1) is 0 Å². The number of hydrogen-bond donors (Lipinski definition) is 0. The third kappa shape index (κ3) is 7.39. The fraction of sp³-hybridized carbons (Fsp3) is 0.368. The second kappa shape index (κ2) is 11.0. The van der Waals surface area contributed by atoms with Crippen molar-refractivity contribution in [3.05, 3.63) is 53.6 Å². The van der Waals surface area contributed by atoms with Crippen molar-refractivity contribution in [3.63, 3.8) is 0 Å². The minimum absolute atomic E-state index is 0.0122. The molecular formula is C19H21NO3S2. The highest BCUT2D eigenvalue weighted by atomic mass is 32.2. The maximum absolute atomic E-state index is 12.0. The van der Waals surface area contributed by atoms with E-state index in [9.17, 15) is 4.79 Å². The van der Waals surface area contributed by atoms with E-state index in [1.807, 2.05) is 59.9 Å². The predicted molar refractivity (Wildman–Crippen MR) is 105 cm³/mol. The summed E-state index contributed by atoms with van der Waals surface area (Å²) < 4.78 is 10.9. The van der Waals surface area contributed by atoms with Crippen LogP contribution in [0.1, 0.15) is 5.56 Å². The molecule has 0 radical (unpaired) electrons. The number of nitriles is 1. The molecule has 1 heterocycles. The number of carbonyl (C=O) groups excluding carboxylic acids is 1. The molecule has 1 aromatic rings. The second-order valence-corrected chi connectivity index (χ2v) is 7.55. The molecule has 4 nitrogen and oxygen atoms in total. The van der Waals surface area contributed by atoms with E-state index in [-0.39, 0.29) is 18.3 Å². The fourth-order valence-corrected chi connectivity index (χ4v) is 4.38. The van der Waals surface area contributed by atoms with Crippen molar-refractivity contribution in [1.82, 2.24) is 0 Å². The SMILES string of the molecule is C=C1CSCC(OCCOC(=O)C(C#N)=Cc2ccccc2)CSC1. The van der Waals surface area contributed by atoms with E-state index in [4.69, 9.17) is 14.7 Å². The first-order valence-corrected chi connectivity index (χ1v) is 10.3. The van der Waals surface area contributed by atoms with Crippen LogP contribution in [0.25, 0.3) is 6.08 Å². The van der Waals surface area contributed by atoms with E-state index < -0.39 is 5.97 Å². The van der Waals surface area contributed by atoms with Crippen LogP contribution < -0.4 is 0 Å². The van der Waals surface area contributed by atoms with Crippen molar-refractivity contribution in [2.45, 2.75) is 6.10 Å². The van der Waals surface area contributed by atoms with Crippen LogP contribution in [0.15, 0.2) is 48.1 Å². The normalized spacial score (nSPS) is 16.6. The molecule has 1 aliphatic rings. The number of carbonyl (C=O) groups is 1. The summed E-state index contributed by atoms with van der Waals surface area (Å²) in [6.45, 7) is 4.50. The lowest BCUT2D eigenvalue weighted by molar-refractivity contribution is -0.140. The van der Waals surface area contributed by atoms with E-state index in [0.717, 1.165) is 28.6 Å². The van der Waals surface area contributed by atoms with Crippen LogP contribution in [0.2, 0.25) is 0 Å². The van der Waals surface area contributed by atoms with Gasteiger partial charge in [0.2, 0.25) is 0 Å². The van der Waals surface area contributed by atoms with Gasteiger partial charge < -0.3 is 9.47 Å². The molecule has 25 heavy (non-hydrogen) atoms. The first-order valence-electron chi connectivity index (χ1n) is 7.96. The molecular weight excluding hydrogens is 354 g/mol. The Balaban J connectivity index is 1.73. The average molecular weight is 376 g/mol. The molecule has 0 spiro atoms. The Morgan fingerprint density at radius 2 is 1.92 bits per heavy atom. The predicted octanol–water partition coefficient (Wildman–Crippen LogP) is 3.56. The number of rotatable bonds is 6. The highest BCUT2D eigenvalue weighted by Gasteiger charge is 2.15. The van der Waals surface area contributed by atoms with E-state index in [1.54, 1.807) is 0 Å². The molecule has 0 N–H and O–H groups in total. The first-order chi connectivity index (χ1) is 12.2. The lowest BCUT2D eigenvalue weighted by atomic mass is 10.1. The smallest absolute Gasteiger partial charge is 0.348 e. The van der Waals surface area contributed by atoms with Crippen molar-refractivity contribution in [2.75, 3.05) is 36.2 Å². The largest absolute Gasteiger partial charge is 0.459 e. The molecule has 6 heteroatoms. The quantitative estimate of drug-likeness (QED) is 0.249. The Hall–Kier alpha value is -1.68. The molecule has 0 unspecified atom stereocenters. The number of ether oxygens (including phenoxy) is 2. The third-order valence-corrected chi connectivity index (χ3v) is 5.78. The van der Waals surface area contributed by atoms with Gasteiger partial charge in [0.05, 0.1) is 12.7 Å². The molecule has 1 fully saturated rings. The second-order valence-electron chi connectivity index (χ2n) is 5.49. The highest BCUT2D eigenvalue weighted by molar-refractivity contribution is 8.01. The number of esters is 1. The number of benzene rings is 1. The van der Waals surface area contributed by atoms with Gasteiger partial charge in [-0.1, -0.05) is 42.5 Å². The standard InChI is InChI=1S/C19H21NO3S2/c1-15-11-24-13-18(14-25-12-15)22-7-8-23-19(21)17(10-20)9-16-5-3-2-4-6-16/h2-6,9,18H,1,7-8,11-14H2. The number of thioether (sulfide) groups is 2. The lowest BCUT2D eigenvalue weighted by Crippen LogP contribution is -2.24. The summed E-state index contributed by atoms with van der Waals surface area (Å²) in [6.07, 6.45) is 1.68. The summed E-state index contributed by atoms with van der Waals surface area (Å²) in [7, 11) is 0. The highest BCUT2D eigenvalue weighted by Crippen LogP contribution is 2.20. The topological polar surface area (TPSA) is 59.3 Å². The summed E-state index contributed by atoms with van der Waals surface area (Å²) in [5, 5.41) is 9.13. The van der Waals surface area contributed by atoms with Gasteiger partial charge in [0, 0.05) is 23.0 Å². The van der Waals surface area contributed by atoms with E-state index in [0.29, 0.717) is 6.61 Å². The fourth-order valence-electron chi connectivity index (χ4n) is 2.14. The first kappa shape index (κ1) is 19.6. The van der Waals surface area contributed by atoms with Crippen molar-refractivity contribution >= 4 is 35.6 Å². The minimum atomic E-state index is -0.618. The van der Waals surface area contributed by atoms with Crippen LogP contribution >= 0.6 is 23.5 Å². The van der Waals surface area contributed by atoms with E-state index in [1.165, 1.54) is 11.6 Å². The summed E-state index contributed by atoms with van der Waals surface area (Å²) in [5.41, 5.74) is 2.04. The third-order valence-electron chi connectivity index (χ3n) is 3.34. The van der Waals surface area contributed by atoms with Gasteiger partial charge in [0.25, 0.3) is 0 Å². The van der Waals surface area contributed by atoms with Crippen LogP contribution in [-0.2, 0) is 14.3 Å². The van der Waals surface area contributed by atoms with Gasteiger partial charge in [-0.3, -0.25) is 0 Å². The summed E-state index contributed by atoms with van der Waals surface area (Å²) in [4.78, 5) is 12.0. The Labute approximate surface area is 157 Å². The minimum Gasteiger partial charge on any atom is -0.459 e. The van der Waals surface area contributed by atoms with Gasteiger partial charge in [-0.05, 0) is 11.6 Å². The van der Waals surface area contributed by atoms with Crippen molar-refractivity contribution in [3.8, 4) is 6.07 Å². The Bertz CT molecular complexity index is 640. The maximum atomic E-state index is 12.0. The van der Waals surface area contributed by atoms with Gasteiger partial charge in [-0.2, -0.15) is 28.8 Å². The number of hydrogen-bond acceptors (Lipinski definition) is 6. The number of nitrogens with zero attached hydrogens (tertiary/aromatic N) is 1. The molecule has 1 saturated heterocycles. The van der Waals surface area contributed by atoms with Crippen LogP contribution in [0.4, 0.5) is 0 Å². The van der Waals surface area contributed by atoms with Gasteiger partial charge in [0.1, 0.15) is 18.2 Å². The molecule has 0 bridgehead atoms. The van der Waals surface area contributed by atoms with E-state index >= 15 is 0 Å². The zero-order valence-corrected chi connectivity index (χ0v) is 15.6. The van der Waals surface area contributed by atoms with Crippen molar-refractivity contribution in [1.29, 1.82) is 5.26 Å². The molecule has 1 aromatic carbocycles. The molecule has 0 aliphatic carbocycles. The average Bonchev–Trinajstić information content (AvgIpc) is 2.61. The molecule has 1 aliphatic heterocycles. The lowest BCUT2D eigenvalue weighted by Gasteiger charge is -2.20. The Kier molecular flexibility index (Phi) is 8.67. The van der Waals surface area contributed by atoms with Crippen LogP contribution in [-0.4, -0.2) is 48.3 Å².